The van der Waals surface area contributed by atoms with E-state index in [4.69, 9.17) is 11.6 Å². The molecular formula is C11H10ClNO. The number of amides is 1. The Kier molecular flexibility index (Phi) is 1.62. The molecule has 0 unspecified atom stereocenters. The van der Waals surface area contributed by atoms with Gasteiger partial charge in [-0.05, 0) is 37.1 Å². The first-order valence-electron chi connectivity index (χ1n) is 4.84. The van der Waals surface area contributed by atoms with Crippen LogP contribution in [0.1, 0.15) is 12.8 Å². The first-order chi connectivity index (χ1) is 6.75. The fraction of sp³-hybridized carbons (Fsp3) is 0.364. The lowest BCUT2D eigenvalue weighted by Gasteiger charge is -2.24. The molecule has 1 saturated carbocycles. The predicted octanol–water partition coefficient (Wildman–Crippen LogP) is 2.47. The van der Waals surface area contributed by atoms with Crippen molar-refractivity contribution in [2.75, 3.05) is 4.90 Å². The summed E-state index contributed by atoms with van der Waals surface area (Å²) >= 11 is 5.80. The number of rotatable bonds is 1. The largest absolute Gasteiger partial charge is 0.309 e. The number of halogens is 1. The SMILES string of the molecule is O=C1C2CC(C2)N1c1ccc(Cl)cc1. The maximum Gasteiger partial charge on any atom is 0.230 e. The minimum absolute atomic E-state index is 0.289. The molecule has 0 radical (unpaired) electrons. The van der Waals surface area contributed by atoms with Crippen LogP contribution in [0.15, 0.2) is 24.3 Å². The first-order valence-corrected chi connectivity index (χ1v) is 5.22. The maximum absolute atomic E-state index is 11.7. The maximum atomic E-state index is 11.7. The molecule has 72 valence electrons. The fourth-order valence-electron chi connectivity index (χ4n) is 2.32. The number of benzene rings is 1. The highest BCUT2D eigenvalue weighted by Crippen LogP contribution is 2.44. The molecule has 14 heavy (non-hydrogen) atoms. The van der Waals surface area contributed by atoms with Crippen molar-refractivity contribution in [3.8, 4) is 0 Å². The van der Waals surface area contributed by atoms with Crippen LogP contribution in [0.5, 0.6) is 0 Å². The highest BCUT2D eigenvalue weighted by molar-refractivity contribution is 6.30. The molecule has 2 aliphatic heterocycles. The van der Waals surface area contributed by atoms with Crippen LogP contribution in [0.25, 0.3) is 0 Å². The Bertz CT molecular complexity index is 381. The summed E-state index contributed by atoms with van der Waals surface area (Å²) in [7, 11) is 0. The van der Waals surface area contributed by atoms with Crippen molar-refractivity contribution in [2.45, 2.75) is 18.9 Å². The van der Waals surface area contributed by atoms with E-state index in [0.717, 1.165) is 18.5 Å². The molecule has 1 amide bonds. The zero-order chi connectivity index (χ0) is 9.71. The van der Waals surface area contributed by atoms with Gasteiger partial charge in [0.05, 0.1) is 0 Å². The Balaban J connectivity index is 1.96. The van der Waals surface area contributed by atoms with Crippen molar-refractivity contribution in [1.82, 2.24) is 0 Å². The minimum atomic E-state index is 0.289. The molecule has 2 saturated heterocycles. The van der Waals surface area contributed by atoms with Crippen LogP contribution in [0.4, 0.5) is 5.69 Å². The van der Waals surface area contributed by atoms with Gasteiger partial charge in [0.2, 0.25) is 5.91 Å². The fourth-order valence-corrected chi connectivity index (χ4v) is 2.44. The normalized spacial score (nSPS) is 29.2. The number of anilines is 1. The van der Waals surface area contributed by atoms with Crippen LogP contribution in [-0.2, 0) is 4.79 Å². The van der Waals surface area contributed by atoms with E-state index in [2.05, 4.69) is 0 Å². The van der Waals surface area contributed by atoms with Crippen molar-refractivity contribution in [1.29, 1.82) is 0 Å². The second-order valence-corrected chi connectivity index (χ2v) is 4.44. The molecular weight excluding hydrogens is 198 g/mol. The van der Waals surface area contributed by atoms with Gasteiger partial charge in [-0.1, -0.05) is 11.6 Å². The molecule has 0 aromatic heterocycles. The summed E-state index contributed by atoms with van der Waals surface area (Å²) < 4.78 is 0. The molecule has 0 N–H and O–H groups in total. The van der Waals surface area contributed by atoms with E-state index in [1.165, 1.54) is 0 Å². The molecule has 1 aliphatic carbocycles. The smallest absolute Gasteiger partial charge is 0.230 e. The minimum Gasteiger partial charge on any atom is -0.309 e. The number of fused-ring (bicyclic) bond motifs is 1. The van der Waals surface area contributed by atoms with Crippen molar-refractivity contribution in [2.24, 2.45) is 5.92 Å². The summed E-state index contributed by atoms with van der Waals surface area (Å²) in [4.78, 5) is 13.6. The van der Waals surface area contributed by atoms with E-state index in [9.17, 15) is 4.79 Å². The second kappa shape index (κ2) is 2.74. The highest BCUT2D eigenvalue weighted by atomic mass is 35.5. The molecule has 4 rings (SSSR count). The van der Waals surface area contributed by atoms with Gasteiger partial charge < -0.3 is 4.90 Å². The predicted molar refractivity (Wildman–Crippen MR) is 55.5 cm³/mol. The monoisotopic (exact) mass is 207 g/mol. The van der Waals surface area contributed by atoms with Crippen LogP contribution in [0, 0.1) is 5.92 Å². The van der Waals surface area contributed by atoms with Gasteiger partial charge in [-0.2, -0.15) is 0 Å². The van der Waals surface area contributed by atoms with Crippen molar-refractivity contribution in [3.05, 3.63) is 29.3 Å². The van der Waals surface area contributed by atoms with Gasteiger partial charge in [-0.25, -0.2) is 0 Å². The summed E-state index contributed by atoms with van der Waals surface area (Å²) in [5.74, 6) is 0.591. The van der Waals surface area contributed by atoms with E-state index in [1.54, 1.807) is 0 Å². The molecule has 2 heterocycles. The number of carbonyl (C=O) groups is 1. The summed E-state index contributed by atoms with van der Waals surface area (Å²) in [6.45, 7) is 0. The van der Waals surface area contributed by atoms with Gasteiger partial charge in [0.1, 0.15) is 0 Å². The van der Waals surface area contributed by atoms with E-state index in [-0.39, 0.29) is 5.91 Å². The van der Waals surface area contributed by atoms with Crippen molar-refractivity contribution in [3.63, 3.8) is 0 Å². The number of hydrogen-bond donors (Lipinski definition) is 0. The third-order valence-electron chi connectivity index (χ3n) is 3.17. The van der Waals surface area contributed by atoms with Crippen molar-refractivity contribution >= 4 is 23.2 Å². The first kappa shape index (κ1) is 8.30. The van der Waals surface area contributed by atoms with E-state index in [1.807, 2.05) is 29.2 Å². The highest BCUT2D eigenvalue weighted by Gasteiger charge is 2.50. The van der Waals surface area contributed by atoms with Crippen LogP contribution in [0.2, 0.25) is 5.02 Å². The molecule has 0 atom stereocenters. The van der Waals surface area contributed by atoms with E-state index >= 15 is 0 Å². The van der Waals surface area contributed by atoms with E-state index in [0.29, 0.717) is 17.0 Å². The lowest BCUT2D eigenvalue weighted by molar-refractivity contribution is -0.119. The molecule has 2 bridgehead atoms. The Morgan fingerprint density at radius 3 is 2.36 bits per heavy atom. The van der Waals surface area contributed by atoms with Gasteiger partial charge in [-0.3, -0.25) is 4.79 Å². The van der Waals surface area contributed by atoms with Gasteiger partial charge in [-0.15, -0.1) is 0 Å². The number of carbonyl (C=O) groups excluding carboxylic acids is 1. The lowest BCUT2D eigenvalue weighted by Crippen LogP contribution is -2.29. The average Bonchev–Trinajstić information content (AvgIpc) is 2.57. The van der Waals surface area contributed by atoms with Crippen LogP contribution >= 0.6 is 11.6 Å². The Labute approximate surface area is 87.5 Å². The summed E-state index contributed by atoms with van der Waals surface area (Å²) in [6, 6.07) is 7.95. The Hall–Kier alpha value is -1.02. The number of nitrogens with zero attached hydrogens (tertiary/aromatic N) is 1. The third kappa shape index (κ3) is 1.01. The lowest BCUT2D eigenvalue weighted by atomic mass is 9.86. The van der Waals surface area contributed by atoms with Gasteiger partial charge in [0.15, 0.2) is 0 Å². The Morgan fingerprint density at radius 1 is 1.21 bits per heavy atom. The van der Waals surface area contributed by atoms with Crippen LogP contribution in [0.3, 0.4) is 0 Å². The standard InChI is InChI=1S/C11H10ClNO/c12-8-1-3-9(4-2-8)13-10-5-7(6-10)11(13)14/h1-4,7,10H,5-6H2. The summed E-state index contributed by atoms with van der Waals surface area (Å²) in [5, 5.41) is 0.716. The quantitative estimate of drug-likeness (QED) is 0.693. The van der Waals surface area contributed by atoms with Crippen LogP contribution in [-0.4, -0.2) is 11.9 Å². The summed E-state index contributed by atoms with van der Waals surface area (Å²) in [6.07, 6.45) is 2.09. The molecule has 1 aromatic carbocycles. The van der Waals surface area contributed by atoms with Gasteiger partial charge >= 0.3 is 0 Å². The Morgan fingerprint density at radius 2 is 1.86 bits per heavy atom. The van der Waals surface area contributed by atoms with Gasteiger partial charge in [0.25, 0.3) is 0 Å². The van der Waals surface area contributed by atoms with Crippen molar-refractivity contribution < 1.29 is 4.79 Å². The molecule has 3 heteroatoms. The molecule has 1 aromatic rings. The molecule has 2 nitrogen and oxygen atoms in total. The molecule has 0 spiro atoms. The number of hydrogen-bond acceptors (Lipinski definition) is 1. The third-order valence-corrected chi connectivity index (χ3v) is 3.42. The average molecular weight is 208 g/mol. The van der Waals surface area contributed by atoms with Gasteiger partial charge in [0, 0.05) is 22.7 Å². The molecule has 3 fully saturated rings. The zero-order valence-electron chi connectivity index (χ0n) is 7.61. The zero-order valence-corrected chi connectivity index (χ0v) is 8.37. The molecule has 3 aliphatic rings. The topological polar surface area (TPSA) is 20.3 Å². The van der Waals surface area contributed by atoms with Crippen LogP contribution < -0.4 is 4.90 Å². The van der Waals surface area contributed by atoms with E-state index < -0.39 is 0 Å². The second-order valence-electron chi connectivity index (χ2n) is 4.01. The summed E-state index contributed by atoms with van der Waals surface area (Å²) in [5.41, 5.74) is 0.990.